The molecule has 0 unspecified atom stereocenters. The molecule has 3 rings (SSSR count). The van der Waals surface area contributed by atoms with Crippen molar-refractivity contribution in [3.8, 4) is 5.88 Å². The number of nitrogens with zero attached hydrogens (tertiary/aromatic N) is 1. The normalized spacial score (nSPS) is 20.8. The number of rotatable bonds is 5. The first kappa shape index (κ1) is 14.3. The number of nitrogens with one attached hydrogen (secondary N) is 1. The van der Waals surface area contributed by atoms with Crippen molar-refractivity contribution in [2.45, 2.75) is 56.7 Å². The molecule has 0 spiro atoms. The molecule has 2 aliphatic rings. The summed E-state index contributed by atoms with van der Waals surface area (Å²) in [6.45, 7) is 0.312. The number of aromatic nitrogens is 1. The highest BCUT2D eigenvalue weighted by Gasteiger charge is 2.31. The van der Waals surface area contributed by atoms with E-state index in [2.05, 4.69) is 10.3 Å². The minimum absolute atomic E-state index is 0.184. The van der Waals surface area contributed by atoms with Gasteiger partial charge < -0.3 is 15.2 Å². The van der Waals surface area contributed by atoms with Gasteiger partial charge in [0.1, 0.15) is 6.10 Å². The van der Waals surface area contributed by atoms with Crippen LogP contribution in [0.3, 0.4) is 0 Å². The highest BCUT2D eigenvalue weighted by Crippen LogP contribution is 2.28. The summed E-state index contributed by atoms with van der Waals surface area (Å²) < 4.78 is 5.70. The molecule has 0 bridgehead atoms. The third-order valence-corrected chi connectivity index (χ3v) is 4.45. The van der Waals surface area contributed by atoms with Crippen LogP contribution in [-0.4, -0.2) is 34.2 Å². The Morgan fingerprint density at radius 3 is 2.81 bits per heavy atom. The molecule has 5 nitrogen and oxygen atoms in total. The topological polar surface area (TPSA) is 71.5 Å². The molecule has 0 atom stereocenters. The molecule has 1 aromatic rings. The van der Waals surface area contributed by atoms with Gasteiger partial charge in [0.05, 0.1) is 5.60 Å². The summed E-state index contributed by atoms with van der Waals surface area (Å²) in [5.74, 6) is 0.322. The van der Waals surface area contributed by atoms with Crippen molar-refractivity contribution in [3.63, 3.8) is 0 Å². The zero-order valence-electron chi connectivity index (χ0n) is 12.2. The van der Waals surface area contributed by atoms with Crippen LogP contribution in [0.4, 0.5) is 0 Å². The van der Waals surface area contributed by atoms with E-state index in [9.17, 15) is 9.90 Å². The van der Waals surface area contributed by atoms with Crippen molar-refractivity contribution >= 4 is 5.91 Å². The average Bonchev–Trinajstić information content (AvgIpc) is 2.88. The largest absolute Gasteiger partial charge is 0.474 e. The van der Waals surface area contributed by atoms with Crippen LogP contribution in [0.1, 0.15) is 55.3 Å². The molecule has 0 aliphatic heterocycles. The summed E-state index contributed by atoms with van der Waals surface area (Å²) >= 11 is 0. The van der Waals surface area contributed by atoms with Crippen LogP contribution in [0, 0.1) is 0 Å². The molecule has 2 fully saturated rings. The van der Waals surface area contributed by atoms with Gasteiger partial charge >= 0.3 is 0 Å². The number of amides is 1. The van der Waals surface area contributed by atoms with Crippen LogP contribution in [-0.2, 0) is 0 Å². The van der Waals surface area contributed by atoms with Gasteiger partial charge in [-0.3, -0.25) is 4.79 Å². The van der Waals surface area contributed by atoms with Gasteiger partial charge in [0.2, 0.25) is 5.88 Å². The second kappa shape index (κ2) is 6.02. The molecule has 0 saturated heterocycles. The van der Waals surface area contributed by atoms with Gasteiger partial charge in [-0.25, -0.2) is 4.98 Å². The number of ether oxygens (including phenoxy) is 1. The zero-order chi connectivity index (χ0) is 14.7. The monoisotopic (exact) mass is 290 g/mol. The number of hydrogen-bond donors (Lipinski definition) is 2. The second-order valence-electron chi connectivity index (χ2n) is 6.17. The zero-order valence-corrected chi connectivity index (χ0v) is 12.2. The van der Waals surface area contributed by atoms with E-state index in [1.165, 1.54) is 6.42 Å². The first-order chi connectivity index (χ1) is 10.1. The summed E-state index contributed by atoms with van der Waals surface area (Å²) in [7, 11) is 0. The molecule has 1 heterocycles. The van der Waals surface area contributed by atoms with E-state index in [4.69, 9.17) is 4.74 Å². The van der Waals surface area contributed by atoms with Gasteiger partial charge in [-0.2, -0.15) is 0 Å². The molecule has 2 aliphatic carbocycles. The third kappa shape index (κ3) is 3.53. The number of aliphatic hydroxyl groups is 1. The summed E-state index contributed by atoms with van der Waals surface area (Å²) in [6, 6.07) is 3.34. The van der Waals surface area contributed by atoms with Crippen LogP contribution in [0.5, 0.6) is 5.88 Å². The van der Waals surface area contributed by atoms with Gasteiger partial charge in [0.25, 0.3) is 5.91 Å². The first-order valence-corrected chi connectivity index (χ1v) is 7.78. The van der Waals surface area contributed by atoms with Crippen molar-refractivity contribution in [2.24, 2.45) is 0 Å². The molecule has 0 radical (unpaired) electrons. The van der Waals surface area contributed by atoms with Crippen LogP contribution in [0.15, 0.2) is 18.3 Å². The van der Waals surface area contributed by atoms with Crippen LogP contribution < -0.4 is 10.1 Å². The predicted octanol–water partition coefficient (Wildman–Crippen LogP) is 2.05. The standard InChI is InChI=1S/C16H22N2O3/c19-15(18-11-16(20)7-1-2-8-16)12-6-9-17-14(10-12)21-13-4-3-5-13/h6,9-10,13,20H,1-5,7-8,11H2,(H,18,19). The number of carbonyl (C=O) groups is 1. The first-order valence-electron chi connectivity index (χ1n) is 7.78. The van der Waals surface area contributed by atoms with E-state index in [1.54, 1.807) is 18.3 Å². The van der Waals surface area contributed by atoms with E-state index in [0.717, 1.165) is 38.5 Å². The highest BCUT2D eigenvalue weighted by molar-refractivity contribution is 5.94. The van der Waals surface area contributed by atoms with Gasteiger partial charge in [0.15, 0.2) is 0 Å². The number of carbonyl (C=O) groups excluding carboxylic acids is 1. The lowest BCUT2D eigenvalue weighted by molar-refractivity contribution is 0.0449. The van der Waals surface area contributed by atoms with Crippen molar-refractivity contribution < 1.29 is 14.6 Å². The lowest BCUT2D eigenvalue weighted by atomic mass is 9.96. The van der Waals surface area contributed by atoms with Gasteiger partial charge in [-0.05, 0) is 38.2 Å². The number of hydrogen-bond acceptors (Lipinski definition) is 4. The summed E-state index contributed by atoms with van der Waals surface area (Å²) in [6.07, 6.45) is 8.74. The molecule has 2 N–H and O–H groups in total. The lowest BCUT2D eigenvalue weighted by Gasteiger charge is -2.25. The molecule has 5 heteroatoms. The van der Waals surface area contributed by atoms with E-state index in [0.29, 0.717) is 18.0 Å². The lowest BCUT2D eigenvalue weighted by Crippen LogP contribution is -2.40. The molecule has 1 amide bonds. The maximum absolute atomic E-state index is 12.2. The fourth-order valence-corrected chi connectivity index (χ4v) is 2.83. The molecular formula is C16H22N2O3. The van der Waals surface area contributed by atoms with Crippen molar-refractivity contribution in [1.82, 2.24) is 10.3 Å². The predicted molar refractivity (Wildman–Crippen MR) is 78.3 cm³/mol. The van der Waals surface area contributed by atoms with E-state index in [1.807, 2.05) is 0 Å². The third-order valence-electron chi connectivity index (χ3n) is 4.45. The Morgan fingerprint density at radius 1 is 1.38 bits per heavy atom. The molecule has 0 aromatic carbocycles. The Kier molecular flexibility index (Phi) is 4.10. The van der Waals surface area contributed by atoms with Gasteiger partial charge in [0, 0.05) is 24.4 Å². The quantitative estimate of drug-likeness (QED) is 0.870. The maximum atomic E-state index is 12.2. The Morgan fingerprint density at radius 2 is 2.14 bits per heavy atom. The molecule has 114 valence electrons. The Bertz CT molecular complexity index is 508. The van der Waals surface area contributed by atoms with Crippen molar-refractivity contribution in [2.75, 3.05) is 6.54 Å². The van der Waals surface area contributed by atoms with Crippen molar-refractivity contribution in [3.05, 3.63) is 23.9 Å². The van der Waals surface area contributed by atoms with Gasteiger partial charge in [-0.15, -0.1) is 0 Å². The Labute approximate surface area is 124 Å². The Hall–Kier alpha value is -1.62. The average molecular weight is 290 g/mol. The highest BCUT2D eigenvalue weighted by atomic mass is 16.5. The fourth-order valence-electron chi connectivity index (χ4n) is 2.83. The fraction of sp³-hybridized carbons (Fsp3) is 0.625. The van der Waals surface area contributed by atoms with Crippen LogP contribution in [0.25, 0.3) is 0 Å². The summed E-state index contributed by atoms with van der Waals surface area (Å²) in [5, 5.41) is 13.1. The second-order valence-corrected chi connectivity index (χ2v) is 6.17. The van der Waals surface area contributed by atoms with E-state index in [-0.39, 0.29) is 12.0 Å². The smallest absolute Gasteiger partial charge is 0.251 e. The number of pyridine rings is 1. The molecular weight excluding hydrogens is 268 g/mol. The molecule has 2 saturated carbocycles. The summed E-state index contributed by atoms with van der Waals surface area (Å²) in [4.78, 5) is 16.3. The minimum atomic E-state index is -0.728. The van der Waals surface area contributed by atoms with E-state index >= 15 is 0 Å². The molecule has 1 aromatic heterocycles. The maximum Gasteiger partial charge on any atom is 0.251 e. The Balaban J connectivity index is 1.57. The van der Waals surface area contributed by atoms with Gasteiger partial charge in [-0.1, -0.05) is 12.8 Å². The van der Waals surface area contributed by atoms with E-state index < -0.39 is 5.60 Å². The SMILES string of the molecule is O=C(NCC1(O)CCCC1)c1ccnc(OC2CCC2)c1. The summed E-state index contributed by atoms with van der Waals surface area (Å²) in [5.41, 5.74) is -0.200. The van der Waals surface area contributed by atoms with Crippen LogP contribution >= 0.6 is 0 Å². The van der Waals surface area contributed by atoms with Crippen molar-refractivity contribution in [1.29, 1.82) is 0 Å². The van der Waals surface area contributed by atoms with Crippen LogP contribution in [0.2, 0.25) is 0 Å². The molecule has 21 heavy (non-hydrogen) atoms. The minimum Gasteiger partial charge on any atom is -0.474 e.